The van der Waals surface area contributed by atoms with E-state index in [9.17, 15) is 17.4 Å². The summed E-state index contributed by atoms with van der Waals surface area (Å²) in [4.78, 5) is 21.1. The number of amides is 1. The molecule has 0 aliphatic carbocycles. The summed E-state index contributed by atoms with van der Waals surface area (Å²) in [6.45, 7) is 1.27. The fraction of sp³-hybridized carbons (Fsp3) is 0.0667. The van der Waals surface area contributed by atoms with E-state index in [1.165, 1.54) is 25.1 Å². The normalized spacial score (nSPS) is 12.3. The van der Waals surface area contributed by atoms with E-state index >= 15 is 0 Å². The molecule has 2 rings (SSSR count). The number of halogens is 1. The summed E-state index contributed by atoms with van der Waals surface area (Å²) in [6, 6.07) is 12.6. The first-order valence-corrected chi connectivity index (χ1v) is 11.1. The second-order valence-corrected chi connectivity index (χ2v) is 9.40. The first-order valence-electron chi connectivity index (χ1n) is 6.69. The second kappa shape index (κ2) is 9.73. The van der Waals surface area contributed by atoms with E-state index in [0.717, 1.165) is 3.57 Å². The Morgan fingerprint density at radius 2 is 1.68 bits per heavy atom. The number of hydrogen-bond donors (Lipinski definition) is 4. The number of benzene rings is 2. The molecule has 0 aliphatic heterocycles. The van der Waals surface area contributed by atoms with Gasteiger partial charge in [-0.3, -0.25) is 0 Å². The Bertz CT molecular complexity index is 795. The van der Waals surface area contributed by atoms with Crippen molar-refractivity contribution in [1.29, 1.82) is 0 Å². The Balaban J connectivity index is 0.000000271. The Hall–Kier alpha value is -1.65. The number of carboxylic acids is 1. The topological polar surface area (TPSA) is 133 Å². The van der Waals surface area contributed by atoms with Crippen LogP contribution in [-0.2, 0) is 12.4 Å². The van der Waals surface area contributed by atoms with Crippen molar-refractivity contribution in [2.45, 2.75) is 6.92 Å². The second-order valence-electron chi connectivity index (χ2n) is 4.61. The maximum Gasteiger partial charge on any atom is 0.335 e. The molecule has 0 heterocycles. The predicted octanol–water partition coefficient (Wildman–Crippen LogP) is 1.69. The van der Waals surface area contributed by atoms with Gasteiger partial charge in [0.15, 0.2) is 0 Å². The van der Waals surface area contributed by atoms with E-state index in [1.807, 2.05) is 0 Å². The van der Waals surface area contributed by atoms with Gasteiger partial charge in [-0.2, -0.15) is 0 Å². The molecule has 2 aromatic rings. The molecular formula is C15H15AsINO7. The van der Waals surface area contributed by atoms with Crippen LogP contribution in [0.5, 0.6) is 0 Å². The van der Waals surface area contributed by atoms with Crippen LogP contribution in [0.4, 0.5) is 5.69 Å². The number of aromatic carboxylic acids is 1. The molecule has 0 bridgehead atoms. The largest absolute Gasteiger partial charge is 0.478 e. The maximum absolute atomic E-state index is 11.4. The van der Waals surface area contributed by atoms with Crippen LogP contribution in [-0.4, -0.2) is 40.5 Å². The van der Waals surface area contributed by atoms with Gasteiger partial charge in [-0.1, -0.05) is 0 Å². The smallest absolute Gasteiger partial charge is 0.335 e. The van der Waals surface area contributed by atoms with Crippen molar-refractivity contribution in [3.63, 3.8) is 0 Å². The molecule has 134 valence electrons. The summed E-state index contributed by atoms with van der Waals surface area (Å²) < 4.78 is 25.2. The molecular weight excluding hydrogens is 508 g/mol. The monoisotopic (exact) mass is 523 g/mol. The van der Waals surface area contributed by atoms with E-state index in [2.05, 4.69) is 31.8 Å². The molecule has 2 aromatic carbocycles. The summed E-state index contributed by atoms with van der Waals surface area (Å²) in [5, 5.41) is 19.1. The van der Waals surface area contributed by atoms with Crippen molar-refractivity contribution >= 4 is 58.7 Å². The van der Waals surface area contributed by atoms with Crippen LogP contribution in [0.25, 0.3) is 0 Å². The van der Waals surface area contributed by atoms with E-state index < -0.39 is 20.1 Å². The van der Waals surface area contributed by atoms with Gasteiger partial charge < -0.3 is 5.11 Å². The predicted molar refractivity (Wildman–Crippen MR) is 98.9 cm³/mol. The quantitative estimate of drug-likeness (QED) is 0.208. The van der Waals surface area contributed by atoms with E-state index in [1.54, 1.807) is 30.3 Å². The van der Waals surface area contributed by atoms with Crippen LogP contribution in [0.1, 0.15) is 17.3 Å². The number of para-hydroxylation sites is 1. The summed E-state index contributed by atoms with van der Waals surface area (Å²) in [5.41, 5.74) is 0.490. The van der Waals surface area contributed by atoms with Gasteiger partial charge in [0.1, 0.15) is 0 Å². The molecule has 1 unspecified atom stereocenters. The number of rotatable bonds is 4. The van der Waals surface area contributed by atoms with Gasteiger partial charge in [-0.05, 0) is 46.9 Å². The van der Waals surface area contributed by atoms with Gasteiger partial charge >= 0.3 is 94.4 Å². The van der Waals surface area contributed by atoms with E-state index in [4.69, 9.17) is 10.4 Å². The molecule has 0 aromatic heterocycles. The van der Waals surface area contributed by atoms with E-state index in [0.29, 0.717) is 5.56 Å². The third kappa shape index (κ3) is 7.00. The number of carbonyl (C=O) groups excluding carboxylic acids is 1. The van der Waals surface area contributed by atoms with Crippen molar-refractivity contribution in [2.75, 3.05) is 5.32 Å². The summed E-state index contributed by atoms with van der Waals surface area (Å²) >= 11 is -2.80. The van der Waals surface area contributed by atoms with Gasteiger partial charge in [-0.25, -0.2) is 4.79 Å². The molecule has 0 radical (unpaired) electrons. The first kappa shape index (κ1) is 21.4. The van der Waals surface area contributed by atoms with Gasteiger partial charge in [0, 0.05) is 3.57 Å². The zero-order valence-corrected chi connectivity index (χ0v) is 17.0. The maximum atomic E-state index is 11.4. The number of carbonyl (C=O) groups is 2. The minimum atomic E-state index is -4.92. The van der Waals surface area contributed by atoms with Crippen molar-refractivity contribution < 1.29 is 31.7 Å². The van der Waals surface area contributed by atoms with Crippen LogP contribution in [0.3, 0.4) is 0 Å². The van der Waals surface area contributed by atoms with Crippen LogP contribution >= 0.6 is 22.6 Å². The number of anilines is 1. The van der Waals surface area contributed by atoms with Gasteiger partial charge in [0.05, 0.1) is 5.56 Å². The molecule has 0 spiro atoms. The molecule has 25 heavy (non-hydrogen) atoms. The molecule has 0 fully saturated rings. The first-order chi connectivity index (χ1) is 11.7. The number of carboxylic acid groups (broad SMARTS) is 1. The third-order valence-corrected chi connectivity index (χ3v) is 6.00. The minimum Gasteiger partial charge on any atom is -0.478 e. The van der Waals surface area contributed by atoms with Crippen molar-refractivity contribution in [2.24, 2.45) is 0 Å². The van der Waals surface area contributed by atoms with Crippen LogP contribution in [0.15, 0.2) is 48.5 Å². The van der Waals surface area contributed by atoms with Gasteiger partial charge in [0.2, 0.25) is 0 Å². The molecule has 4 N–H and O–H groups in total. The third-order valence-electron chi connectivity index (χ3n) is 2.72. The SMILES string of the molecule is CC(=O)Nc1ccccc1[As](=O)(O)OO.O=C(O)c1ccc(I)cc1. The number of hydrogen-bond acceptors (Lipinski definition) is 5. The molecule has 1 atom stereocenters. The van der Waals surface area contributed by atoms with Crippen molar-refractivity contribution in [3.8, 4) is 0 Å². The standard InChI is InChI=1S/C8H10AsNO5.C7H5IO2/c1-6(11)10-8-5-3-2-4-7(8)9(12,13)15-14;8-6-3-1-5(2-4-6)7(9)10/h2-5,14H,1H3,(H,10,11)(H,12,13);1-4H,(H,9,10). The fourth-order valence-corrected chi connectivity index (χ4v) is 3.68. The molecule has 8 nitrogen and oxygen atoms in total. The van der Waals surface area contributed by atoms with Crippen molar-refractivity contribution in [1.82, 2.24) is 0 Å². The average Bonchev–Trinajstić information content (AvgIpc) is 2.55. The molecule has 1 amide bonds. The number of nitrogens with one attached hydrogen (secondary N) is 1. The zero-order chi connectivity index (χ0) is 19.0. The Morgan fingerprint density at radius 3 is 2.16 bits per heavy atom. The Morgan fingerprint density at radius 1 is 1.12 bits per heavy atom. The van der Waals surface area contributed by atoms with Crippen LogP contribution < -0.4 is 9.67 Å². The molecule has 0 saturated heterocycles. The van der Waals surface area contributed by atoms with Gasteiger partial charge in [0.25, 0.3) is 0 Å². The molecule has 10 heteroatoms. The average molecular weight is 523 g/mol. The van der Waals surface area contributed by atoms with Crippen LogP contribution in [0, 0.1) is 3.57 Å². The minimum absolute atomic E-state index is 0.103. The Labute approximate surface area is 159 Å². The van der Waals surface area contributed by atoms with Crippen LogP contribution in [0.2, 0.25) is 0 Å². The molecule has 0 saturated carbocycles. The summed E-state index contributed by atoms with van der Waals surface area (Å²) in [7, 11) is 0. The Kier molecular flexibility index (Phi) is 8.33. The fourth-order valence-electron chi connectivity index (χ4n) is 1.65. The zero-order valence-electron chi connectivity index (χ0n) is 12.9. The van der Waals surface area contributed by atoms with E-state index in [-0.39, 0.29) is 15.9 Å². The molecule has 0 aliphatic rings. The van der Waals surface area contributed by atoms with Crippen molar-refractivity contribution in [3.05, 3.63) is 57.7 Å². The summed E-state index contributed by atoms with van der Waals surface area (Å²) in [6.07, 6.45) is 0. The van der Waals surface area contributed by atoms with Gasteiger partial charge in [-0.15, -0.1) is 0 Å². The summed E-state index contributed by atoms with van der Waals surface area (Å²) in [5.74, 6) is -1.26.